The molecule has 2 amide bonds. The third kappa shape index (κ3) is 5.97. The predicted molar refractivity (Wildman–Crippen MR) is 121 cm³/mol. The molecule has 160 valence electrons. The van der Waals surface area contributed by atoms with Crippen molar-refractivity contribution < 1.29 is 14.3 Å². The lowest BCUT2D eigenvalue weighted by Crippen LogP contribution is -2.33. The first-order chi connectivity index (χ1) is 14.6. The minimum absolute atomic E-state index is 0.144. The fraction of sp³-hybridized carbons (Fsp3) is 0.391. The highest BCUT2D eigenvalue weighted by atomic mass is 35.5. The highest BCUT2D eigenvalue weighted by molar-refractivity contribution is 6.30. The summed E-state index contributed by atoms with van der Waals surface area (Å²) in [6.07, 6.45) is 4.19. The van der Waals surface area contributed by atoms with Gasteiger partial charge in [0, 0.05) is 55.3 Å². The normalized spacial score (nSPS) is 13.7. The molecule has 1 fully saturated rings. The van der Waals surface area contributed by atoms with Gasteiger partial charge in [-0.2, -0.15) is 0 Å². The van der Waals surface area contributed by atoms with Crippen LogP contribution in [0.1, 0.15) is 46.4 Å². The van der Waals surface area contributed by atoms with E-state index in [2.05, 4.69) is 15.5 Å². The number of halogens is 1. The SMILES string of the molecule is COCCCNC(=O)c1cc(NC(=O)c2ccc(Cl)cc2)ccc1N1CCCCC1. The smallest absolute Gasteiger partial charge is 0.255 e. The minimum Gasteiger partial charge on any atom is -0.385 e. The number of anilines is 2. The van der Waals surface area contributed by atoms with Gasteiger partial charge in [-0.25, -0.2) is 0 Å². The molecule has 1 heterocycles. The highest BCUT2D eigenvalue weighted by Crippen LogP contribution is 2.27. The molecule has 3 rings (SSSR count). The second-order valence-electron chi connectivity index (χ2n) is 7.34. The number of nitrogens with one attached hydrogen (secondary N) is 2. The maximum Gasteiger partial charge on any atom is 0.255 e. The zero-order valence-corrected chi connectivity index (χ0v) is 18.0. The molecule has 0 spiro atoms. The highest BCUT2D eigenvalue weighted by Gasteiger charge is 2.19. The van der Waals surface area contributed by atoms with E-state index < -0.39 is 0 Å². The predicted octanol–water partition coefficient (Wildman–Crippen LogP) is 4.35. The van der Waals surface area contributed by atoms with Crippen molar-refractivity contribution in [1.82, 2.24) is 5.32 Å². The number of ether oxygens (including phenoxy) is 1. The van der Waals surface area contributed by atoms with E-state index >= 15 is 0 Å². The maximum atomic E-state index is 12.9. The molecular formula is C23H28ClN3O3. The molecule has 0 saturated carbocycles. The molecule has 0 atom stereocenters. The molecule has 30 heavy (non-hydrogen) atoms. The second kappa shape index (κ2) is 11.0. The number of hydrogen-bond donors (Lipinski definition) is 2. The van der Waals surface area contributed by atoms with Crippen molar-refractivity contribution in [2.24, 2.45) is 0 Å². The van der Waals surface area contributed by atoms with Gasteiger partial charge >= 0.3 is 0 Å². The Kier molecular flexibility index (Phi) is 8.11. The van der Waals surface area contributed by atoms with Crippen LogP contribution in [0.4, 0.5) is 11.4 Å². The average Bonchev–Trinajstić information content (AvgIpc) is 2.77. The van der Waals surface area contributed by atoms with Gasteiger partial charge in [0.15, 0.2) is 0 Å². The van der Waals surface area contributed by atoms with Gasteiger partial charge in [0.25, 0.3) is 11.8 Å². The van der Waals surface area contributed by atoms with Gasteiger partial charge in [-0.1, -0.05) is 11.6 Å². The summed E-state index contributed by atoms with van der Waals surface area (Å²) in [4.78, 5) is 27.7. The summed E-state index contributed by atoms with van der Waals surface area (Å²) in [6.45, 7) is 2.99. The largest absolute Gasteiger partial charge is 0.385 e. The minimum atomic E-state index is -0.246. The lowest BCUT2D eigenvalue weighted by Gasteiger charge is -2.30. The molecule has 0 radical (unpaired) electrons. The van der Waals surface area contributed by atoms with E-state index in [0.29, 0.717) is 35.0 Å². The molecule has 2 aromatic carbocycles. The van der Waals surface area contributed by atoms with E-state index in [-0.39, 0.29) is 11.8 Å². The number of piperidine rings is 1. The van der Waals surface area contributed by atoms with Crippen LogP contribution in [0.3, 0.4) is 0 Å². The molecular weight excluding hydrogens is 402 g/mol. The standard InChI is InChI=1S/C23H28ClN3O3/c1-30-15-5-12-25-23(29)20-16-19(10-11-21(20)27-13-3-2-4-14-27)26-22(28)17-6-8-18(24)9-7-17/h6-11,16H,2-5,12-15H2,1H3,(H,25,29)(H,26,28). The zero-order valence-electron chi connectivity index (χ0n) is 17.2. The third-order valence-electron chi connectivity index (χ3n) is 5.11. The average molecular weight is 430 g/mol. The van der Waals surface area contributed by atoms with Gasteiger partial charge in [-0.15, -0.1) is 0 Å². The second-order valence-corrected chi connectivity index (χ2v) is 7.78. The molecule has 0 unspecified atom stereocenters. The Morgan fingerprint density at radius 1 is 1.03 bits per heavy atom. The summed E-state index contributed by atoms with van der Waals surface area (Å²) in [7, 11) is 1.64. The van der Waals surface area contributed by atoms with E-state index in [1.165, 1.54) is 6.42 Å². The molecule has 6 nitrogen and oxygen atoms in total. The molecule has 7 heteroatoms. The summed E-state index contributed by atoms with van der Waals surface area (Å²) >= 11 is 5.90. The number of amides is 2. The van der Waals surface area contributed by atoms with E-state index in [4.69, 9.17) is 16.3 Å². The number of nitrogens with zero attached hydrogens (tertiary/aromatic N) is 1. The summed E-state index contributed by atoms with van der Waals surface area (Å²) < 4.78 is 5.05. The van der Waals surface area contributed by atoms with Crippen LogP contribution < -0.4 is 15.5 Å². The molecule has 1 saturated heterocycles. The van der Waals surface area contributed by atoms with E-state index in [0.717, 1.165) is 38.0 Å². The van der Waals surface area contributed by atoms with Crippen LogP contribution in [-0.4, -0.2) is 45.2 Å². The van der Waals surface area contributed by atoms with E-state index in [1.807, 2.05) is 12.1 Å². The Morgan fingerprint density at radius 3 is 2.47 bits per heavy atom. The first kappa shape index (κ1) is 22.1. The fourth-order valence-corrected chi connectivity index (χ4v) is 3.65. The topological polar surface area (TPSA) is 70.7 Å². The van der Waals surface area contributed by atoms with Crippen molar-refractivity contribution in [1.29, 1.82) is 0 Å². The third-order valence-corrected chi connectivity index (χ3v) is 5.36. The van der Waals surface area contributed by atoms with Gasteiger partial charge in [0.1, 0.15) is 0 Å². The van der Waals surface area contributed by atoms with Crippen LogP contribution >= 0.6 is 11.6 Å². The lowest BCUT2D eigenvalue weighted by molar-refractivity contribution is 0.0947. The fourth-order valence-electron chi connectivity index (χ4n) is 3.52. The zero-order chi connectivity index (χ0) is 21.3. The molecule has 0 bridgehead atoms. The van der Waals surface area contributed by atoms with Crippen molar-refractivity contribution >= 4 is 34.8 Å². The van der Waals surface area contributed by atoms with Crippen LogP contribution in [0.5, 0.6) is 0 Å². The summed E-state index contributed by atoms with van der Waals surface area (Å²) in [5.74, 6) is -0.391. The molecule has 0 aromatic heterocycles. The van der Waals surface area contributed by atoms with Crippen LogP contribution in [0.25, 0.3) is 0 Å². The Bertz CT molecular complexity index is 864. The summed E-state index contributed by atoms with van der Waals surface area (Å²) in [5, 5.41) is 6.41. The van der Waals surface area contributed by atoms with E-state index in [9.17, 15) is 9.59 Å². The van der Waals surface area contributed by atoms with Gasteiger partial charge in [-0.05, 0) is 68.1 Å². The summed E-state index contributed by atoms with van der Waals surface area (Å²) in [6, 6.07) is 12.2. The van der Waals surface area contributed by atoms with E-state index in [1.54, 1.807) is 37.4 Å². The Balaban J connectivity index is 1.79. The number of carbonyl (C=O) groups excluding carboxylic acids is 2. The first-order valence-corrected chi connectivity index (χ1v) is 10.7. The van der Waals surface area contributed by atoms with Gasteiger partial charge < -0.3 is 20.3 Å². The lowest BCUT2D eigenvalue weighted by atomic mass is 10.1. The van der Waals surface area contributed by atoms with Crippen LogP contribution in [0.2, 0.25) is 5.02 Å². The molecule has 1 aliphatic rings. The maximum absolute atomic E-state index is 12.9. The number of methoxy groups -OCH3 is 1. The number of carbonyl (C=O) groups is 2. The molecule has 2 aromatic rings. The molecule has 0 aliphatic carbocycles. The van der Waals surface area contributed by atoms with Crippen LogP contribution in [-0.2, 0) is 4.74 Å². The quantitative estimate of drug-likeness (QED) is 0.612. The van der Waals surface area contributed by atoms with Gasteiger partial charge in [0.05, 0.1) is 5.56 Å². The van der Waals surface area contributed by atoms with Gasteiger partial charge in [0.2, 0.25) is 0 Å². The Morgan fingerprint density at radius 2 is 1.77 bits per heavy atom. The summed E-state index contributed by atoms with van der Waals surface area (Å²) in [5.41, 5.74) is 2.56. The number of hydrogen-bond acceptors (Lipinski definition) is 4. The monoisotopic (exact) mass is 429 g/mol. The Hall–Kier alpha value is -2.57. The van der Waals surface area contributed by atoms with Crippen molar-refractivity contribution in [3.05, 3.63) is 58.6 Å². The van der Waals surface area contributed by atoms with Crippen molar-refractivity contribution in [3.63, 3.8) is 0 Å². The Labute approximate surface area is 182 Å². The molecule has 2 N–H and O–H groups in total. The van der Waals surface area contributed by atoms with Crippen molar-refractivity contribution in [2.45, 2.75) is 25.7 Å². The van der Waals surface area contributed by atoms with Crippen LogP contribution in [0, 0.1) is 0 Å². The van der Waals surface area contributed by atoms with Gasteiger partial charge in [-0.3, -0.25) is 9.59 Å². The van der Waals surface area contributed by atoms with Crippen molar-refractivity contribution in [3.8, 4) is 0 Å². The molecule has 1 aliphatic heterocycles. The van der Waals surface area contributed by atoms with Crippen molar-refractivity contribution in [2.75, 3.05) is 43.6 Å². The number of rotatable bonds is 8. The number of benzene rings is 2. The van der Waals surface area contributed by atoms with Crippen LogP contribution in [0.15, 0.2) is 42.5 Å². The first-order valence-electron chi connectivity index (χ1n) is 10.3.